The maximum atomic E-state index is 11.0. The Morgan fingerprint density at radius 2 is 2.38 bits per heavy atom. The van der Waals surface area contributed by atoms with Crippen molar-refractivity contribution in [1.82, 2.24) is 14.6 Å². The molecule has 0 atom stereocenters. The van der Waals surface area contributed by atoms with Crippen molar-refractivity contribution in [2.24, 2.45) is 0 Å². The van der Waals surface area contributed by atoms with Crippen LogP contribution in [0.5, 0.6) is 0 Å². The van der Waals surface area contributed by atoms with Crippen molar-refractivity contribution in [2.45, 2.75) is 0 Å². The molecule has 0 radical (unpaired) electrons. The van der Waals surface area contributed by atoms with Crippen LogP contribution in [0.25, 0.3) is 5.65 Å². The predicted molar refractivity (Wildman–Crippen MR) is 42.8 cm³/mol. The minimum absolute atomic E-state index is 0.103. The zero-order chi connectivity index (χ0) is 9.42. The van der Waals surface area contributed by atoms with Crippen molar-refractivity contribution >= 4 is 11.6 Å². The van der Waals surface area contributed by atoms with Crippen LogP contribution in [0.3, 0.4) is 0 Å². The van der Waals surface area contributed by atoms with Gasteiger partial charge in [-0.25, -0.2) is 14.7 Å². The molecule has 66 valence electrons. The fourth-order valence-electron chi connectivity index (χ4n) is 1.04. The highest BCUT2D eigenvalue weighted by molar-refractivity contribution is 5.88. The quantitative estimate of drug-likeness (QED) is 0.630. The van der Waals surface area contributed by atoms with Gasteiger partial charge in [-0.05, 0) is 12.1 Å². The molecule has 0 saturated heterocycles. The van der Waals surface area contributed by atoms with Crippen molar-refractivity contribution in [3.05, 3.63) is 34.4 Å². The molecule has 2 rings (SSSR count). The average Bonchev–Trinajstić information content (AvgIpc) is 2.47. The Balaban J connectivity index is 2.77. The number of fused-ring (bicyclic) bond motifs is 1. The molecule has 2 aromatic rings. The minimum atomic E-state index is -1.04. The van der Waals surface area contributed by atoms with E-state index >= 15 is 0 Å². The topological polar surface area (TPSA) is 87.5 Å². The maximum absolute atomic E-state index is 11.0. The molecular formula is C7H5N3O3. The number of aromatic amines is 1. The van der Waals surface area contributed by atoms with Gasteiger partial charge in [0.15, 0.2) is 5.65 Å². The Kier molecular flexibility index (Phi) is 1.42. The molecule has 13 heavy (non-hydrogen) atoms. The van der Waals surface area contributed by atoms with E-state index in [1.54, 1.807) is 0 Å². The lowest BCUT2D eigenvalue weighted by Crippen LogP contribution is -2.09. The number of hydrogen-bond donors (Lipinski definition) is 2. The summed E-state index contributed by atoms with van der Waals surface area (Å²) in [5.74, 6) is -1.04. The van der Waals surface area contributed by atoms with Crippen LogP contribution in [0.15, 0.2) is 23.1 Å². The predicted octanol–water partition coefficient (Wildman–Crippen LogP) is -0.279. The summed E-state index contributed by atoms with van der Waals surface area (Å²) < 4.78 is 1.23. The van der Waals surface area contributed by atoms with E-state index in [0.29, 0.717) is 5.65 Å². The molecule has 0 unspecified atom stereocenters. The number of pyridine rings is 1. The van der Waals surface area contributed by atoms with Crippen molar-refractivity contribution in [2.75, 3.05) is 0 Å². The lowest BCUT2D eigenvalue weighted by Gasteiger charge is -1.93. The number of nitrogens with zero attached hydrogens (tertiary/aromatic N) is 2. The molecule has 0 aromatic carbocycles. The fraction of sp³-hybridized carbons (Fsp3) is 0. The molecule has 0 aliphatic heterocycles. The third-order valence-electron chi connectivity index (χ3n) is 1.67. The first-order chi connectivity index (χ1) is 6.18. The maximum Gasteiger partial charge on any atom is 0.347 e. The summed E-state index contributed by atoms with van der Waals surface area (Å²) >= 11 is 0. The van der Waals surface area contributed by atoms with Gasteiger partial charge in [0.2, 0.25) is 0 Å². The Labute approximate surface area is 71.4 Å². The molecule has 0 aliphatic rings. The van der Waals surface area contributed by atoms with Crippen molar-refractivity contribution in [1.29, 1.82) is 0 Å². The van der Waals surface area contributed by atoms with Crippen LogP contribution < -0.4 is 5.69 Å². The number of carbonyl (C=O) groups is 1. The molecule has 6 nitrogen and oxygen atoms in total. The molecule has 0 bridgehead atoms. The first kappa shape index (κ1) is 7.53. The Morgan fingerprint density at radius 3 is 3.08 bits per heavy atom. The van der Waals surface area contributed by atoms with Crippen molar-refractivity contribution < 1.29 is 9.90 Å². The molecule has 0 amide bonds. The summed E-state index contributed by atoms with van der Waals surface area (Å²) in [7, 11) is 0. The van der Waals surface area contributed by atoms with E-state index in [1.165, 1.54) is 22.7 Å². The van der Waals surface area contributed by atoms with Gasteiger partial charge in [-0.2, -0.15) is 5.10 Å². The second kappa shape index (κ2) is 2.44. The van der Waals surface area contributed by atoms with Crippen LogP contribution >= 0.6 is 0 Å². The number of H-pyrrole nitrogens is 1. The summed E-state index contributed by atoms with van der Waals surface area (Å²) in [5.41, 5.74) is 0.0170. The molecule has 0 saturated carbocycles. The molecule has 2 aromatic heterocycles. The van der Waals surface area contributed by atoms with Gasteiger partial charge in [0.05, 0.1) is 5.56 Å². The normalized spacial score (nSPS) is 10.5. The van der Waals surface area contributed by atoms with E-state index < -0.39 is 5.97 Å². The number of hydrogen-bond acceptors (Lipinski definition) is 3. The van der Waals surface area contributed by atoms with Crippen LogP contribution in [-0.4, -0.2) is 25.7 Å². The highest BCUT2D eigenvalue weighted by Gasteiger charge is 2.05. The zero-order valence-corrected chi connectivity index (χ0v) is 6.39. The van der Waals surface area contributed by atoms with Gasteiger partial charge < -0.3 is 5.11 Å². The number of rotatable bonds is 1. The van der Waals surface area contributed by atoms with E-state index in [0.717, 1.165) is 0 Å². The summed E-state index contributed by atoms with van der Waals surface area (Å²) in [6.07, 6.45) is 1.37. The lowest BCUT2D eigenvalue weighted by atomic mass is 10.3. The van der Waals surface area contributed by atoms with Crippen LogP contribution in [0.4, 0.5) is 0 Å². The number of carboxylic acid groups (broad SMARTS) is 1. The third-order valence-corrected chi connectivity index (χ3v) is 1.67. The van der Waals surface area contributed by atoms with Gasteiger partial charge in [-0.3, -0.25) is 4.40 Å². The summed E-state index contributed by atoms with van der Waals surface area (Å²) in [6.45, 7) is 0. The first-order valence-electron chi connectivity index (χ1n) is 3.48. The van der Waals surface area contributed by atoms with E-state index in [1.807, 2.05) is 0 Å². The van der Waals surface area contributed by atoms with E-state index in [-0.39, 0.29) is 11.3 Å². The van der Waals surface area contributed by atoms with Gasteiger partial charge in [0, 0.05) is 6.20 Å². The van der Waals surface area contributed by atoms with Crippen LogP contribution in [-0.2, 0) is 0 Å². The molecule has 2 heterocycles. The lowest BCUT2D eigenvalue weighted by molar-refractivity contribution is 0.0697. The van der Waals surface area contributed by atoms with Crippen LogP contribution in [0, 0.1) is 0 Å². The summed E-state index contributed by atoms with van der Waals surface area (Å²) in [4.78, 5) is 21.5. The van der Waals surface area contributed by atoms with Crippen LogP contribution in [0.1, 0.15) is 10.4 Å². The molecule has 0 aliphatic carbocycles. The standard InChI is InChI=1S/C7H5N3O3/c11-6(12)4-1-2-10-5(3-4)8-9-7(10)13/h1-3H,(H,9,13)(H,11,12). The molecule has 0 fully saturated rings. The number of carboxylic acids is 1. The Bertz CT molecular complexity index is 525. The van der Waals surface area contributed by atoms with Crippen LogP contribution in [0.2, 0.25) is 0 Å². The summed E-state index contributed by atoms with van der Waals surface area (Å²) in [5, 5.41) is 14.5. The zero-order valence-electron chi connectivity index (χ0n) is 6.39. The smallest absolute Gasteiger partial charge is 0.347 e. The van der Waals surface area contributed by atoms with Crippen molar-refractivity contribution in [3.8, 4) is 0 Å². The second-order valence-electron chi connectivity index (χ2n) is 2.48. The number of nitrogens with one attached hydrogen (secondary N) is 1. The largest absolute Gasteiger partial charge is 0.478 e. The second-order valence-corrected chi connectivity index (χ2v) is 2.48. The fourth-order valence-corrected chi connectivity index (χ4v) is 1.04. The number of aromatic carboxylic acids is 1. The molecule has 0 spiro atoms. The van der Waals surface area contributed by atoms with Gasteiger partial charge in [-0.1, -0.05) is 0 Å². The van der Waals surface area contributed by atoms with E-state index in [4.69, 9.17) is 5.11 Å². The molecular weight excluding hydrogens is 174 g/mol. The van der Waals surface area contributed by atoms with Gasteiger partial charge in [0.25, 0.3) is 0 Å². The average molecular weight is 179 g/mol. The Morgan fingerprint density at radius 1 is 1.62 bits per heavy atom. The highest BCUT2D eigenvalue weighted by atomic mass is 16.4. The molecule has 2 N–H and O–H groups in total. The van der Waals surface area contributed by atoms with Gasteiger partial charge in [-0.15, -0.1) is 0 Å². The minimum Gasteiger partial charge on any atom is -0.478 e. The van der Waals surface area contributed by atoms with Gasteiger partial charge >= 0.3 is 11.7 Å². The molecule has 6 heteroatoms. The highest BCUT2D eigenvalue weighted by Crippen LogP contribution is 2.01. The van der Waals surface area contributed by atoms with Gasteiger partial charge in [0.1, 0.15) is 0 Å². The van der Waals surface area contributed by atoms with E-state index in [2.05, 4.69) is 10.2 Å². The van der Waals surface area contributed by atoms with E-state index in [9.17, 15) is 9.59 Å². The number of aromatic nitrogens is 3. The Hall–Kier alpha value is -2.11. The first-order valence-corrected chi connectivity index (χ1v) is 3.48. The van der Waals surface area contributed by atoms with Crippen molar-refractivity contribution in [3.63, 3.8) is 0 Å². The third kappa shape index (κ3) is 1.08. The monoisotopic (exact) mass is 179 g/mol. The summed E-state index contributed by atoms with van der Waals surface area (Å²) in [6, 6.07) is 2.66. The SMILES string of the molecule is O=C(O)c1ccn2c(=O)[nH]nc2c1.